The Labute approximate surface area is 95.9 Å². The third kappa shape index (κ3) is 2.07. The molecule has 5 heteroatoms. The van der Waals surface area contributed by atoms with Gasteiger partial charge in [0, 0.05) is 5.69 Å². The smallest absolute Gasteiger partial charge is 0.259 e. The van der Waals surface area contributed by atoms with Crippen molar-refractivity contribution >= 4 is 15.9 Å². The lowest BCUT2D eigenvalue weighted by atomic mass is 10.2. The number of aryl methyl sites for hydroxylation is 2. The van der Waals surface area contributed by atoms with Crippen LogP contribution in [-0.4, -0.2) is 15.1 Å². The first-order valence-corrected chi connectivity index (χ1v) is 5.66. The molecule has 2 aromatic heterocycles. The molecule has 0 aromatic carbocycles. The van der Waals surface area contributed by atoms with Gasteiger partial charge in [0.05, 0.1) is 16.6 Å². The Morgan fingerprint density at radius 2 is 2.07 bits per heavy atom. The van der Waals surface area contributed by atoms with E-state index in [1.165, 1.54) is 0 Å². The Morgan fingerprint density at radius 3 is 2.67 bits per heavy atom. The number of hydrogen-bond acceptors (Lipinski definition) is 4. The van der Waals surface area contributed by atoms with Gasteiger partial charge in [0.1, 0.15) is 0 Å². The summed E-state index contributed by atoms with van der Waals surface area (Å²) in [5, 5.41) is 4.41. The van der Waals surface area contributed by atoms with Gasteiger partial charge >= 0.3 is 0 Å². The van der Waals surface area contributed by atoms with Crippen LogP contribution in [0.2, 0.25) is 0 Å². The minimum absolute atomic E-state index is 0.523. The quantitative estimate of drug-likeness (QED) is 0.785. The van der Waals surface area contributed by atoms with Crippen molar-refractivity contribution in [2.24, 2.45) is 0 Å². The van der Waals surface area contributed by atoms with E-state index in [1.54, 1.807) is 0 Å². The van der Waals surface area contributed by atoms with Crippen LogP contribution in [-0.2, 0) is 5.33 Å². The highest BCUT2D eigenvalue weighted by atomic mass is 79.9. The molecule has 0 spiro atoms. The lowest BCUT2D eigenvalue weighted by Gasteiger charge is -2.00. The molecule has 4 nitrogen and oxygen atoms in total. The maximum Gasteiger partial charge on any atom is 0.259 e. The number of hydrogen-bond donors (Lipinski definition) is 0. The van der Waals surface area contributed by atoms with Crippen LogP contribution < -0.4 is 0 Å². The molecule has 0 atom stereocenters. The molecule has 78 valence electrons. The molecular formula is C10H10BrN3O. The highest BCUT2D eigenvalue weighted by Crippen LogP contribution is 2.20. The molecule has 2 aromatic rings. The fourth-order valence-electron chi connectivity index (χ4n) is 1.33. The van der Waals surface area contributed by atoms with E-state index in [9.17, 15) is 0 Å². The molecule has 2 heterocycles. The number of alkyl halides is 1. The summed E-state index contributed by atoms with van der Waals surface area (Å²) in [7, 11) is 0. The van der Waals surface area contributed by atoms with Crippen LogP contribution in [0.4, 0.5) is 0 Å². The maximum atomic E-state index is 5.13. The molecule has 0 unspecified atom stereocenters. The third-order valence-electron chi connectivity index (χ3n) is 2.04. The number of pyridine rings is 1. The van der Waals surface area contributed by atoms with Crippen molar-refractivity contribution in [1.82, 2.24) is 15.1 Å². The maximum absolute atomic E-state index is 5.13. The normalized spacial score (nSPS) is 10.6. The first-order chi connectivity index (χ1) is 7.20. The summed E-state index contributed by atoms with van der Waals surface area (Å²) in [5.41, 5.74) is 2.77. The van der Waals surface area contributed by atoms with Crippen LogP contribution in [0.3, 0.4) is 0 Å². The SMILES string of the molecule is Cc1ccc(-c2nc(CBr)no2)c(C)n1. The lowest BCUT2D eigenvalue weighted by molar-refractivity contribution is 0.425. The first kappa shape index (κ1) is 10.3. The standard InChI is InChI=1S/C10H10BrN3O/c1-6-3-4-8(7(2)12-6)10-13-9(5-11)14-15-10/h3-4H,5H2,1-2H3. The summed E-state index contributed by atoms with van der Waals surface area (Å²) >= 11 is 3.27. The van der Waals surface area contributed by atoms with Gasteiger partial charge in [-0.25, -0.2) is 0 Å². The zero-order chi connectivity index (χ0) is 10.8. The van der Waals surface area contributed by atoms with Crippen molar-refractivity contribution in [3.05, 3.63) is 29.3 Å². The van der Waals surface area contributed by atoms with E-state index in [4.69, 9.17) is 4.52 Å². The van der Waals surface area contributed by atoms with Gasteiger partial charge < -0.3 is 4.52 Å². The summed E-state index contributed by atoms with van der Waals surface area (Å²) in [6, 6.07) is 3.88. The van der Waals surface area contributed by atoms with E-state index in [2.05, 4.69) is 31.1 Å². The monoisotopic (exact) mass is 267 g/mol. The summed E-state index contributed by atoms with van der Waals surface area (Å²) in [6.07, 6.45) is 0. The third-order valence-corrected chi connectivity index (χ3v) is 2.54. The zero-order valence-corrected chi connectivity index (χ0v) is 10.1. The number of nitrogens with zero attached hydrogens (tertiary/aromatic N) is 3. The molecule has 15 heavy (non-hydrogen) atoms. The molecule has 0 saturated carbocycles. The van der Waals surface area contributed by atoms with Gasteiger partial charge in [-0.05, 0) is 26.0 Å². The second-order valence-corrected chi connectivity index (χ2v) is 3.80. The summed E-state index contributed by atoms with van der Waals surface area (Å²) in [5.74, 6) is 1.17. The molecule has 0 radical (unpaired) electrons. The van der Waals surface area contributed by atoms with Crippen LogP contribution in [0.1, 0.15) is 17.2 Å². The highest BCUT2D eigenvalue weighted by Gasteiger charge is 2.10. The lowest BCUT2D eigenvalue weighted by Crippen LogP contribution is -1.90. The van der Waals surface area contributed by atoms with Crippen LogP contribution in [0.5, 0.6) is 0 Å². The van der Waals surface area contributed by atoms with Crippen molar-refractivity contribution in [2.45, 2.75) is 19.2 Å². The summed E-state index contributed by atoms with van der Waals surface area (Å²) < 4.78 is 5.13. The van der Waals surface area contributed by atoms with Crippen LogP contribution >= 0.6 is 15.9 Å². The average molecular weight is 268 g/mol. The number of aromatic nitrogens is 3. The van der Waals surface area contributed by atoms with Crippen molar-refractivity contribution in [3.8, 4) is 11.5 Å². The van der Waals surface area contributed by atoms with Gasteiger partial charge in [0.25, 0.3) is 5.89 Å². The van der Waals surface area contributed by atoms with Gasteiger partial charge in [0.15, 0.2) is 5.82 Å². The predicted octanol–water partition coefficient (Wildman–Crippen LogP) is 2.64. The minimum atomic E-state index is 0.523. The molecule has 2 rings (SSSR count). The Balaban J connectivity index is 2.44. The topological polar surface area (TPSA) is 51.8 Å². The highest BCUT2D eigenvalue weighted by molar-refractivity contribution is 9.08. The van der Waals surface area contributed by atoms with Gasteiger partial charge in [-0.3, -0.25) is 4.98 Å². The van der Waals surface area contributed by atoms with Crippen LogP contribution in [0.25, 0.3) is 11.5 Å². The minimum Gasteiger partial charge on any atom is -0.334 e. The molecule has 0 bridgehead atoms. The Bertz CT molecular complexity index is 481. The van der Waals surface area contributed by atoms with Gasteiger partial charge in [-0.15, -0.1) is 0 Å². The van der Waals surface area contributed by atoms with Crippen LogP contribution in [0, 0.1) is 13.8 Å². The summed E-state index contributed by atoms with van der Waals surface area (Å²) in [6.45, 7) is 3.88. The summed E-state index contributed by atoms with van der Waals surface area (Å²) in [4.78, 5) is 8.57. The Kier molecular flexibility index (Phi) is 2.81. The molecule has 0 N–H and O–H groups in total. The van der Waals surface area contributed by atoms with Gasteiger partial charge in [0.2, 0.25) is 0 Å². The fraction of sp³-hybridized carbons (Fsp3) is 0.300. The average Bonchev–Trinajstić information content (AvgIpc) is 2.66. The molecule has 0 aliphatic heterocycles. The van der Waals surface area contributed by atoms with Crippen LogP contribution in [0.15, 0.2) is 16.7 Å². The molecule has 0 amide bonds. The zero-order valence-electron chi connectivity index (χ0n) is 8.49. The van der Waals surface area contributed by atoms with E-state index in [0.717, 1.165) is 17.0 Å². The van der Waals surface area contributed by atoms with E-state index >= 15 is 0 Å². The molecule has 0 saturated heterocycles. The van der Waals surface area contributed by atoms with Gasteiger partial charge in [-0.2, -0.15) is 4.98 Å². The van der Waals surface area contributed by atoms with E-state index in [-0.39, 0.29) is 0 Å². The number of rotatable bonds is 2. The molecule has 0 fully saturated rings. The van der Waals surface area contributed by atoms with Gasteiger partial charge in [-0.1, -0.05) is 21.1 Å². The van der Waals surface area contributed by atoms with Crippen molar-refractivity contribution in [1.29, 1.82) is 0 Å². The molecular weight excluding hydrogens is 258 g/mol. The molecule has 0 aliphatic carbocycles. The van der Waals surface area contributed by atoms with Crippen molar-refractivity contribution < 1.29 is 4.52 Å². The fourth-order valence-corrected chi connectivity index (χ4v) is 1.56. The largest absolute Gasteiger partial charge is 0.334 e. The Hall–Kier alpha value is -1.23. The predicted molar refractivity (Wildman–Crippen MR) is 59.6 cm³/mol. The second-order valence-electron chi connectivity index (χ2n) is 3.23. The van der Waals surface area contributed by atoms with E-state index in [0.29, 0.717) is 17.0 Å². The van der Waals surface area contributed by atoms with E-state index in [1.807, 2.05) is 26.0 Å². The first-order valence-electron chi connectivity index (χ1n) is 4.54. The molecule has 0 aliphatic rings. The second kappa shape index (κ2) is 4.10. The Morgan fingerprint density at radius 1 is 1.27 bits per heavy atom. The van der Waals surface area contributed by atoms with Crippen molar-refractivity contribution in [3.63, 3.8) is 0 Å². The van der Waals surface area contributed by atoms with Crippen molar-refractivity contribution in [2.75, 3.05) is 0 Å². The van der Waals surface area contributed by atoms with E-state index < -0.39 is 0 Å². The number of halogens is 1.